The molecule has 0 spiro atoms. The second-order valence-electron chi connectivity index (χ2n) is 9.22. The Balaban J connectivity index is 1.52. The molecule has 1 aliphatic rings. The lowest BCUT2D eigenvalue weighted by Crippen LogP contribution is -2.33. The van der Waals surface area contributed by atoms with E-state index >= 15 is 0 Å². The number of benzene rings is 3. The van der Waals surface area contributed by atoms with Crippen molar-refractivity contribution in [1.29, 1.82) is 0 Å². The number of aromatic hydroxyl groups is 2. The first-order chi connectivity index (χ1) is 17.5. The van der Waals surface area contributed by atoms with Crippen molar-refractivity contribution in [2.24, 2.45) is 0 Å². The minimum absolute atomic E-state index is 0.0200. The number of carbonyl (C=O) groups is 1. The topological polar surface area (TPSA) is 70.0 Å². The van der Waals surface area contributed by atoms with Crippen molar-refractivity contribution < 1.29 is 19.7 Å². The van der Waals surface area contributed by atoms with Crippen LogP contribution in [0.3, 0.4) is 0 Å². The molecular formula is C30H35NO4S. The Morgan fingerprint density at radius 1 is 0.944 bits per heavy atom. The first kappa shape index (κ1) is 26.1. The fourth-order valence-electron chi connectivity index (χ4n) is 4.70. The molecule has 0 amide bonds. The molecule has 2 N–H and O–H groups in total. The lowest BCUT2D eigenvalue weighted by molar-refractivity contribution is 0.0957. The molecule has 1 fully saturated rings. The fourth-order valence-corrected chi connectivity index (χ4v) is 5.59. The number of ketones is 1. The van der Waals surface area contributed by atoms with Gasteiger partial charge in [0.2, 0.25) is 0 Å². The standard InChI is InChI=1S/C30H35NO4S/c1-2-36-29-21-25(33)12-15-27(29)28(20-22-6-10-24(32)11-7-22)30(34)23-8-13-26(14-9-23)35-19-18-31-16-4-3-5-17-31/h6-15,21,28,32-33H,2-5,16-20H2,1H3. The van der Waals surface area contributed by atoms with Crippen LogP contribution in [-0.4, -0.2) is 52.9 Å². The zero-order chi connectivity index (χ0) is 25.3. The van der Waals surface area contributed by atoms with Gasteiger partial charge in [0, 0.05) is 17.0 Å². The monoisotopic (exact) mass is 505 g/mol. The van der Waals surface area contributed by atoms with Gasteiger partial charge in [-0.05, 0) is 97.8 Å². The Morgan fingerprint density at radius 3 is 2.33 bits per heavy atom. The van der Waals surface area contributed by atoms with Crippen molar-refractivity contribution in [2.45, 2.75) is 43.4 Å². The highest BCUT2D eigenvalue weighted by molar-refractivity contribution is 7.99. The smallest absolute Gasteiger partial charge is 0.170 e. The molecule has 0 aliphatic carbocycles. The second kappa shape index (κ2) is 12.8. The Bertz CT molecular complexity index is 1120. The van der Waals surface area contributed by atoms with E-state index in [1.807, 2.05) is 42.5 Å². The van der Waals surface area contributed by atoms with Gasteiger partial charge in [0.25, 0.3) is 0 Å². The summed E-state index contributed by atoms with van der Waals surface area (Å²) in [4.78, 5) is 17.2. The van der Waals surface area contributed by atoms with Crippen LogP contribution in [0.1, 0.15) is 53.6 Å². The zero-order valence-electron chi connectivity index (χ0n) is 20.9. The van der Waals surface area contributed by atoms with E-state index in [4.69, 9.17) is 4.74 Å². The lowest BCUT2D eigenvalue weighted by Gasteiger charge is -2.26. The Labute approximate surface area is 218 Å². The number of hydrogen-bond donors (Lipinski definition) is 2. The molecule has 3 aromatic carbocycles. The van der Waals surface area contributed by atoms with E-state index in [2.05, 4.69) is 11.8 Å². The molecule has 0 saturated carbocycles. The third-order valence-corrected chi connectivity index (χ3v) is 7.58. The number of phenolic OH excluding ortho intramolecular Hbond substituents is 2. The second-order valence-corrected chi connectivity index (χ2v) is 10.5. The van der Waals surface area contributed by atoms with Gasteiger partial charge in [0.05, 0.1) is 5.92 Å². The van der Waals surface area contributed by atoms with Crippen molar-refractivity contribution in [3.63, 3.8) is 0 Å². The van der Waals surface area contributed by atoms with Crippen molar-refractivity contribution >= 4 is 17.5 Å². The molecule has 4 rings (SSSR count). The number of hydrogen-bond acceptors (Lipinski definition) is 6. The van der Waals surface area contributed by atoms with Gasteiger partial charge in [-0.2, -0.15) is 0 Å². The van der Waals surface area contributed by atoms with Crippen molar-refractivity contribution in [3.8, 4) is 17.2 Å². The fraction of sp³-hybridized carbons (Fsp3) is 0.367. The molecule has 3 aromatic rings. The van der Waals surface area contributed by atoms with Crippen molar-refractivity contribution in [2.75, 3.05) is 32.0 Å². The van der Waals surface area contributed by atoms with Crippen molar-refractivity contribution in [3.05, 3.63) is 83.4 Å². The molecule has 0 aromatic heterocycles. The predicted molar refractivity (Wildman–Crippen MR) is 146 cm³/mol. The van der Waals surface area contributed by atoms with E-state index in [9.17, 15) is 15.0 Å². The van der Waals surface area contributed by atoms with Crippen LogP contribution in [0.15, 0.2) is 71.6 Å². The van der Waals surface area contributed by atoms with Crippen LogP contribution in [0, 0.1) is 0 Å². The van der Waals surface area contributed by atoms with Crippen LogP contribution in [-0.2, 0) is 6.42 Å². The summed E-state index contributed by atoms with van der Waals surface area (Å²) in [5, 5.41) is 19.8. The summed E-state index contributed by atoms with van der Waals surface area (Å²) >= 11 is 1.62. The number of piperidine rings is 1. The highest BCUT2D eigenvalue weighted by Crippen LogP contribution is 2.36. The quantitative estimate of drug-likeness (QED) is 0.236. The van der Waals surface area contributed by atoms with E-state index in [1.54, 1.807) is 36.0 Å². The molecule has 1 heterocycles. The summed E-state index contributed by atoms with van der Waals surface area (Å²) in [7, 11) is 0. The van der Waals surface area contributed by atoms with Gasteiger partial charge in [0.1, 0.15) is 23.9 Å². The van der Waals surface area contributed by atoms with Gasteiger partial charge >= 0.3 is 0 Å². The van der Waals surface area contributed by atoms with E-state index in [0.717, 1.165) is 47.2 Å². The molecular weight excluding hydrogens is 470 g/mol. The third-order valence-electron chi connectivity index (χ3n) is 6.63. The molecule has 1 aliphatic heterocycles. The van der Waals surface area contributed by atoms with Gasteiger partial charge in [-0.15, -0.1) is 11.8 Å². The van der Waals surface area contributed by atoms with Gasteiger partial charge in [0.15, 0.2) is 5.78 Å². The maximum atomic E-state index is 13.8. The minimum Gasteiger partial charge on any atom is -0.508 e. The maximum absolute atomic E-state index is 13.8. The molecule has 0 radical (unpaired) electrons. The van der Waals surface area contributed by atoms with E-state index in [0.29, 0.717) is 18.6 Å². The number of ether oxygens (including phenoxy) is 1. The Kier molecular flexibility index (Phi) is 9.31. The molecule has 1 unspecified atom stereocenters. The van der Waals surface area contributed by atoms with Crippen LogP contribution >= 0.6 is 11.8 Å². The molecule has 1 atom stereocenters. The maximum Gasteiger partial charge on any atom is 0.170 e. The van der Waals surface area contributed by atoms with Crippen LogP contribution in [0.5, 0.6) is 17.2 Å². The highest BCUT2D eigenvalue weighted by atomic mass is 32.2. The summed E-state index contributed by atoms with van der Waals surface area (Å²) in [5.41, 5.74) is 2.49. The van der Waals surface area contributed by atoms with Crippen molar-refractivity contribution in [1.82, 2.24) is 4.90 Å². The number of rotatable bonds is 11. The largest absolute Gasteiger partial charge is 0.508 e. The van der Waals surface area contributed by atoms with E-state index in [-0.39, 0.29) is 17.3 Å². The predicted octanol–water partition coefficient (Wildman–Crippen LogP) is 6.28. The Hall–Kier alpha value is -2.96. The zero-order valence-corrected chi connectivity index (χ0v) is 21.7. The van der Waals surface area contributed by atoms with E-state index in [1.165, 1.54) is 19.3 Å². The molecule has 6 heteroatoms. The summed E-state index contributed by atoms with van der Waals surface area (Å²) in [6.45, 7) is 5.92. The van der Waals surface area contributed by atoms with Crippen LogP contribution < -0.4 is 4.74 Å². The number of Topliss-reactive ketones (excluding diaryl/α,β-unsaturated/α-hetero) is 1. The molecule has 36 heavy (non-hydrogen) atoms. The molecule has 0 bridgehead atoms. The minimum atomic E-state index is -0.421. The summed E-state index contributed by atoms with van der Waals surface area (Å²) < 4.78 is 5.95. The highest BCUT2D eigenvalue weighted by Gasteiger charge is 2.25. The van der Waals surface area contributed by atoms with Gasteiger partial charge in [-0.3, -0.25) is 9.69 Å². The third kappa shape index (κ3) is 7.05. The Morgan fingerprint density at radius 2 is 1.64 bits per heavy atom. The average Bonchev–Trinajstić information content (AvgIpc) is 2.90. The number of thioether (sulfide) groups is 1. The number of carbonyl (C=O) groups excluding carboxylic acids is 1. The average molecular weight is 506 g/mol. The summed E-state index contributed by atoms with van der Waals surface area (Å²) in [6, 6.07) is 19.7. The number of likely N-dealkylation sites (tertiary alicyclic amines) is 1. The normalized spacial score (nSPS) is 14.9. The summed E-state index contributed by atoms with van der Waals surface area (Å²) in [6.07, 6.45) is 4.35. The van der Waals surface area contributed by atoms with Crippen LogP contribution in [0.2, 0.25) is 0 Å². The molecule has 1 saturated heterocycles. The van der Waals surface area contributed by atoms with Gasteiger partial charge in [-0.1, -0.05) is 31.5 Å². The van der Waals surface area contributed by atoms with Crippen LogP contribution in [0.4, 0.5) is 0 Å². The number of nitrogens with zero attached hydrogens (tertiary/aromatic N) is 1. The lowest BCUT2D eigenvalue weighted by atomic mass is 9.85. The SMILES string of the molecule is CCSc1cc(O)ccc1C(Cc1ccc(O)cc1)C(=O)c1ccc(OCCN2CCCCC2)cc1. The number of phenols is 2. The molecule has 190 valence electrons. The van der Waals surface area contributed by atoms with E-state index < -0.39 is 5.92 Å². The van der Waals surface area contributed by atoms with Crippen LogP contribution in [0.25, 0.3) is 0 Å². The van der Waals surface area contributed by atoms with Gasteiger partial charge in [-0.25, -0.2) is 0 Å². The first-order valence-electron chi connectivity index (χ1n) is 12.8. The summed E-state index contributed by atoms with van der Waals surface area (Å²) in [5.74, 6) is 1.59. The first-order valence-corrected chi connectivity index (χ1v) is 13.7. The van der Waals surface area contributed by atoms with Gasteiger partial charge < -0.3 is 14.9 Å². The molecule has 5 nitrogen and oxygen atoms in total.